The van der Waals surface area contributed by atoms with E-state index in [0.717, 1.165) is 0 Å². The van der Waals surface area contributed by atoms with Crippen LogP contribution in [0.25, 0.3) is 0 Å². The SMILES string of the molecule is C=C1C[C@@H](CC(=O)ON2C(=O)CCC2=O)O[C@H](/C=C/I)[C@H]1O. The third kappa shape index (κ3) is 3.93. The number of carbonyl (C=O) groups excluding carboxylic acids is 3. The molecule has 0 aromatic heterocycles. The van der Waals surface area contributed by atoms with Gasteiger partial charge in [-0.25, -0.2) is 4.79 Å². The predicted octanol–water partition coefficient (Wildman–Crippen LogP) is 1.01. The fraction of sp³-hybridized carbons (Fsp3) is 0.500. The lowest BCUT2D eigenvalue weighted by molar-refractivity contribution is -0.200. The zero-order valence-corrected chi connectivity index (χ0v) is 13.9. The monoisotopic (exact) mass is 421 g/mol. The summed E-state index contributed by atoms with van der Waals surface area (Å²) in [5.74, 6) is -1.77. The molecule has 2 heterocycles. The maximum Gasteiger partial charge on any atom is 0.335 e. The summed E-state index contributed by atoms with van der Waals surface area (Å²) in [6.07, 6.45) is 0.0362. The lowest BCUT2D eigenvalue weighted by Gasteiger charge is -2.33. The number of carbonyl (C=O) groups is 3. The summed E-state index contributed by atoms with van der Waals surface area (Å²) in [6, 6.07) is 0. The van der Waals surface area contributed by atoms with Crippen LogP contribution < -0.4 is 0 Å². The van der Waals surface area contributed by atoms with E-state index < -0.39 is 36.1 Å². The molecule has 3 atom stereocenters. The number of hydroxylamine groups is 2. The highest BCUT2D eigenvalue weighted by Gasteiger charge is 2.36. The number of aliphatic hydroxyl groups is 1. The van der Waals surface area contributed by atoms with Gasteiger partial charge in [0.25, 0.3) is 11.8 Å². The Balaban J connectivity index is 1.92. The van der Waals surface area contributed by atoms with Crippen molar-refractivity contribution in [1.82, 2.24) is 5.06 Å². The second kappa shape index (κ2) is 7.34. The summed E-state index contributed by atoms with van der Waals surface area (Å²) in [6.45, 7) is 3.78. The number of imide groups is 1. The van der Waals surface area contributed by atoms with Crippen molar-refractivity contribution < 1.29 is 29.1 Å². The lowest BCUT2D eigenvalue weighted by atomic mass is 9.95. The molecule has 8 heteroatoms. The Kier molecular flexibility index (Phi) is 5.70. The Morgan fingerprint density at radius 3 is 2.68 bits per heavy atom. The minimum absolute atomic E-state index is 0.0531. The van der Waals surface area contributed by atoms with Crippen LogP contribution in [0, 0.1) is 0 Å². The van der Waals surface area contributed by atoms with Gasteiger partial charge < -0.3 is 14.7 Å². The lowest BCUT2D eigenvalue weighted by Crippen LogP contribution is -2.41. The molecule has 2 rings (SSSR count). The van der Waals surface area contributed by atoms with Gasteiger partial charge in [0.15, 0.2) is 0 Å². The molecule has 0 saturated carbocycles. The maximum absolute atomic E-state index is 11.9. The number of ether oxygens (including phenoxy) is 1. The molecule has 0 spiro atoms. The molecule has 2 fully saturated rings. The van der Waals surface area contributed by atoms with E-state index in [1.807, 2.05) is 22.6 Å². The van der Waals surface area contributed by atoms with Gasteiger partial charge in [0.2, 0.25) is 0 Å². The fourth-order valence-corrected chi connectivity index (χ4v) is 2.72. The molecule has 0 aromatic rings. The van der Waals surface area contributed by atoms with Crippen molar-refractivity contribution in [3.8, 4) is 0 Å². The van der Waals surface area contributed by atoms with Crippen LogP contribution in [-0.2, 0) is 24.0 Å². The van der Waals surface area contributed by atoms with Gasteiger partial charge in [0, 0.05) is 12.8 Å². The molecule has 0 bridgehead atoms. The van der Waals surface area contributed by atoms with E-state index in [-0.39, 0.29) is 19.3 Å². The zero-order valence-electron chi connectivity index (χ0n) is 11.7. The van der Waals surface area contributed by atoms with Crippen molar-refractivity contribution >= 4 is 40.4 Å². The second-order valence-electron chi connectivity index (χ2n) is 5.10. The van der Waals surface area contributed by atoms with Crippen LogP contribution in [0.4, 0.5) is 0 Å². The van der Waals surface area contributed by atoms with Crippen molar-refractivity contribution in [3.05, 3.63) is 22.3 Å². The second-order valence-corrected chi connectivity index (χ2v) is 5.82. The Hall–Kier alpha value is -1.26. The largest absolute Gasteiger partial charge is 0.386 e. The first-order valence-electron chi connectivity index (χ1n) is 6.77. The first-order chi connectivity index (χ1) is 10.4. The highest BCUT2D eigenvalue weighted by Crippen LogP contribution is 2.27. The average Bonchev–Trinajstić information content (AvgIpc) is 2.76. The van der Waals surface area contributed by atoms with Gasteiger partial charge in [-0.2, -0.15) is 0 Å². The Morgan fingerprint density at radius 1 is 1.45 bits per heavy atom. The molecule has 0 aromatic carbocycles. The molecule has 120 valence electrons. The summed E-state index contributed by atoms with van der Waals surface area (Å²) in [5.41, 5.74) is 0.567. The van der Waals surface area contributed by atoms with Gasteiger partial charge in [0.05, 0.1) is 12.5 Å². The number of hydrogen-bond acceptors (Lipinski definition) is 6. The number of amides is 2. The predicted molar refractivity (Wildman–Crippen MR) is 83.4 cm³/mol. The van der Waals surface area contributed by atoms with E-state index in [1.54, 1.807) is 10.2 Å². The fourth-order valence-electron chi connectivity index (χ4n) is 2.32. The third-order valence-corrected chi connectivity index (χ3v) is 3.84. The quantitative estimate of drug-likeness (QED) is 0.414. The summed E-state index contributed by atoms with van der Waals surface area (Å²) in [5, 5.41) is 10.4. The average molecular weight is 421 g/mol. The molecule has 2 amide bonds. The van der Waals surface area contributed by atoms with E-state index in [2.05, 4.69) is 6.58 Å². The maximum atomic E-state index is 11.9. The molecule has 0 unspecified atom stereocenters. The van der Waals surface area contributed by atoms with Crippen molar-refractivity contribution in [1.29, 1.82) is 0 Å². The van der Waals surface area contributed by atoms with Gasteiger partial charge in [-0.1, -0.05) is 29.2 Å². The van der Waals surface area contributed by atoms with Gasteiger partial charge in [0.1, 0.15) is 12.2 Å². The molecule has 7 nitrogen and oxygen atoms in total. The Labute approximate surface area is 141 Å². The smallest absolute Gasteiger partial charge is 0.335 e. The number of nitrogens with zero attached hydrogens (tertiary/aromatic N) is 1. The number of aliphatic hydroxyl groups excluding tert-OH is 1. The van der Waals surface area contributed by atoms with Crippen LogP contribution in [-0.4, -0.2) is 46.3 Å². The molecule has 1 N–H and O–H groups in total. The molecule has 0 radical (unpaired) electrons. The van der Waals surface area contributed by atoms with E-state index in [0.29, 0.717) is 17.1 Å². The minimum atomic E-state index is -0.819. The van der Waals surface area contributed by atoms with Crippen LogP contribution >= 0.6 is 22.6 Å². The highest BCUT2D eigenvalue weighted by molar-refractivity contribution is 14.1. The van der Waals surface area contributed by atoms with E-state index in [9.17, 15) is 19.5 Å². The number of halogens is 1. The standard InChI is InChI=1S/C14H16INO6/c1-8-6-9(21-10(4-5-15)14(8)20)7-13(19)22-16-11(17)2-3-12(16)18/h4-5,9-10,14,20H,1-3,6-7H2/b5-4+/t9-,10+,14-/m0/s1. The molecule has 2 saturated heterocycles. The first-order valence-corrected chi connectivity index (χ1v) is 8.01. The number of rotatable bonds is 4. The molecular weight excluding hydrogens is 405 g/mol. The topological polar surface area (TPSA) is 93.1 Å². The minimum Gasteiger partial charge on any atom is -0.386 e. The zero-order chi connectivity index (χ0) is 16.3. The van der Waals surface area contributed by atoms with Crippen LogP contribution in [0.2, 0.25) is 0 Å². The summed E-state index contributed by atoms with van der Waals surface area (Å²) < 4.78 is 7.32. The van der Waals surface area contributed by atoms with Gasteiger partial charge in [-0.3, -0.25) is 9.59 Å². The van der Waals surface area contributed by atoms with E-state index >= 15 is 0 Å². The van der Waals surface area contributed by atoms with Crippen LogP contribution in [0.3, 0.4) is 0 Å². The summed E-state index contributed by atoms with van der Waals surface area (Å²) in [4.78, 5) is 39.4. The van der Waals surface area contributed by atoms with Gasteiger partial charge >= 0.3 is 5.97 Å². The molecule has 22 heavy (non-hydrogen) atoms. The molecule has 2 aliphatic rings. The summed E-state index contributed by atoms with van der Waals surface area (Å²) in [7, 11) is 0. The van der Waals surface area contributed by atoms with Gasteiger partial charge in [-0.05, 0) is 22.2 Å². The Morgan fingerprint density at radius 2 is 2.09 bits per heavy atom. The molecular formula is C14H16INO6. The van der Waals surface area contributed by atoms with E-state index in [4.69, 9.17) is 9.57 Å². The first kappa shape index (κ1) is 17.1. The highest BCUT2D eigenvalue weighted by atomic mass is 127. The van der Waals surface area contributed by atoms with Crippen LogP contribution in [0.15, 0.2) is 22.3 Å². The third-order valence-electron chi connectivity index (χ3n) is 3.42. The van der Waals surface area contributed by atoms with Crippen molar-refractivity contribution in [3.63, 3.8) is 0 Å². The van der Waals surface area contributed by atoms with Crippen LogP contribution in [0.5, 0.6) is 0 Å². The van der Waals surface area contributed by atoms with E-state index in [1.165, 1.54) is 0 Å². The van der Waals surface area contributed by atoms with Crippen LogP contribution in [0.1, 0.15) is 25.7 Å². The number of hydrogen-bond donors (Lipinski definition) is 1. The van der Waals surface area contributed by atoms with Crippen molar-refractivity contribution in [2.45, 2.75) is 44.0 Å². The molecule has 0 aliphatic carbocycles. The summed E-state index contributed by atoms with van der Waals surface area (Å²) >= 11 is 2.00. The van der Waals surface area contributed by atoms with Crippen molar-refractivity contribution in [2.24, 2.45) is 0 Å². The normalized spacial score (nSPS) is 29.5. The van der Waals surface area contributed by atoms with Gasteiger partial charge in [-0.15, -0.1) is 5.06 Å². The Bertz CT molecular complexity index is 515. The van der Waals surface area contributed by atoms with Crippen molar-refractivity contribution in [2.75, 3.05) is 0 Å². The molecule has 2 aliphatic heterocycles.